The third-order valence-electron chi connectivity index (χ3n) is 3.64. The summed E-state index contributed by atoms with van der Waals surface area (Å²) in [5.74, 6) is 1.91. The Morgan fingerprint density at radius 3 is 2.73 bits per heavy atom. The van der Waals surface area contributed by atoms with E-state index in [1.54, 1.807) is 0 Å². The van der Waals surface area contributed by atoms with E-state index in [0.717, 1.165) is 37.5 Å². The molecule has 2 aliphatic rings. The number of hydrogen-bond donors (Lipinski definition) is 1. The SMILES string of the molecule is NC(CC1CCCCC1)C1=CCCCO1. The van der Waals surface area contributed by atoms with Gasteiger partial charge in [-0.05, 0) is 31.3 Å². The van der Waals surface area contributed by atoms with Gasteiger partial charge in [0.1, 0.15) is 5.76 Å². The zero-order valence-corrected chi connectivity index (χ0v) is 9.58. The fourth-order valence-corrected chi connectivity index (χ4v) is 2.73. The summed E-state index contributed by atoms with van der Waals surface area (Å²) in [5, 5.41) is 0. The van der Waals surface area contributed by atoms with Crippen LogP contribution in [0.1, 0.15) is 51.4 Å². The predicted molar refractivity (Wildman–Crippen MR) is 62.4 cm³/mol. The molecule has 1 aliphatic carbocycles. The molecule has 86 valence electrons. The van der Waals surface area contributed by atoms with Crippen LogP contribution in [0.25, 0.3) is 0 Å². The molecule has 0 radical (unpaired) electrons. The molecule has 1 fully saturated rings. The van der Waals surface area contributed by atoms with Crippen LogP contribution in [-0.4, -0.2) is 12.6 Å². The number of allylic oxidation sites excluding steroid dienone is 1. The van der Waals surface area contributed by atoms with Crippen molar-refractivity contribution in [3.8, 4) is 0 Å². The Morgan fingerprint density at radius 2 is 2.07 bits per heavy atom. The van der Waals surface area contributed by atoms with E-state index in [4.69, 9.17) is 10.5 Å². The van der Waals surface area contributed by atoms with Crippen molar-refractivity contribution in [1.29, 1.82) is 0 Å². The van der Waals surface area contributed by atoms with E-state index in [2.05, 4.69) is 6.08 Å². The second-order valence-corrected chi connectivity index (χ2v) is 4.94. The van der Waals surface area contributed by atoms with E-state index >= 15 is 0 Å². The molecular weight excluding hydrogens is 186 g/mol. The second-order valence-electron chi connectivity index (χ2n) is 4.94. The third kappa shape index (κ3) is 3.23. The Morgan fingerprint density at radius 1 is 1.27 bits per heavy atom. The minimum atomic E-state index is 0.161. The highest BCUT2D eigenvalue weighted by Crippen LogP contribution is 2.29. The predicted octanol–water partition coefficient (Wildman–Crippen LogP) is 2.98. The Bertz CT molecular complexity index is 219. The van der Waals surface area contributed by atoms with Gasteiger partial charge in [0, 0.05) is 0 Å². The first-order valence-electron chi connectivity index (χ1n) is 6.44. The van der Waals surface area contributed by atoms with Crippen LogP contribution >= 0.6 is 0 Å². The first kappa shape index (κ1) is 11.0. The fraction of sp³-hybridized carbons (Fsp3) is 0.846. The van der Waals surface area contributed by atoms with Crippen LogP contribution in [0.2, 0.25) is 0 Å². The van der Waals surface area contributed by atoms with Crippen molar-refractivity contribution in [3.05, 3.63) is 11.8 Å². The van der Waals surface area contributed by atoms with Crippen molar-refractivity contribution in [2.24, 2.45) is 11.7 Å². The summed E-state index contributed by atoms with van der Waals surface area (Å²) in [7, 11) is 0. The van der Waals surface area contributed by atoms with Crippen LogP contribution < -0.4 is 5.73 Å². The fourth-order valence-electron chi connectivity index (χ4n) is 2.73. The van der Waals surface area contributed by atoms with Gasteiger partial charge in [0.25, 0.3) is 0 Å². The topological polar surface area (TPSA) is 35.2 Å². The Hall–Kier alpha value is -0.500. The molecule has 2 nitrogen and oxygen atoms in total. The molecule has 2 heteroatoms. The molecular formula is C13H23NO. The molecule has 0 aromatic rings. The number of hydrogen-bond acceptors (Lipinski definition) is 2. The van der Waals surface area contributed by atoms with E-state index < -0.39 is 0 Å². The lowest BCUT2D eigenvalue weighted by Gasteiger charge is -2.27. The number of rotatable bonds is 3. The maximum atomic E-state index is 6.19. The van der Waals surface area contributed by atoms with Gasteiger partial charge < -0.3 is 10.5 Å². The summed E-state index contributed by atoms with van der Waals surface area (Å²) in [4.78, 5) is 0. The van der Waals surface area contributed by atoms with Crippen LogP contribution in [-0.2, 0) is 4.74 Å². The monoisotopic (exact) mass is 209 g/mol. The summed E-state index contributed by atoms with van der Waals surface area (Å²) in [6.07, 6.45) is 12.6. The molecule has 2 rings (SSSR count). The largest absolute Gasteiger partial charge is 0.497 e. The summed E-state index contributed by atoms with van der Waals surface area (Å²) in [6.45, 7) is 0.865. The third-order valence-corrected chi connectivity index (χ3v) is 3.64. The van der Waals surface area contributed by atoms with Crippen LogP contribution in [0, 0.1) is 5.92 Å². The van der Waals surface area contributed by atoms with Crippen LogP contribution in [0.5, 0.6) is 0 Å². The van der Waals surface area contributed by atoms with Crippen LogP contribution in [0.15, 0.2) is 11.8 Å². The lowest BCUT2D eigenvalue weighted by atomic mass is 9.84. The first-order chi connectivity index (χ1) is 7.36. The Labute approximate surface area is 92.9 Å². The highest BCUT2D eigenvalue weighted by Gasteiger charge is 2.20. The van der Waals surface area contributed by atoms with Crippen molar-refractivity contribution in [3.63, 3.8) is 0 Å². The molecule has 15 heavy (non-hydrogen) atoms. The molecule has 1 heterocycles. The molecule has 0 bridgehead atoms. The summed E-state index contributed by atoms with van der Waals surface area (Å²) >= 11 is 0. The molecule has 2 N–H and O–H groups in total. The number of ether oxygens (including phenoxy) is 1. The van der Waals surface area contributed by atoms with Crippen LogP contribution in [0.3, 0.4) is 0 Å². The maximum absolute atomic E-state index is 6.19. The van der Waals surface area contributed by atoms with Gasteiger partial charge in [-0.15, -0.1) is 0 Å². The lowest BCUT2D eigenvalue weighted by Crippen LogP contribution is -2.29. The van der Waals surface area contributed by atoms with Gasteiger partial charge >= 0.3 is 0 Å². The molecule has 1 saturated carbocycles. The van der Waals surface area contributed by atoms with E-state index in [9.17, 15) is 0 Å². The molecule has 1 atom stereocenters. The van der Waals surface area contributed by atoms with Crippen molar-refractivity contribution < 1.29 is 4.74 Å². The minimum absolute atomic E-state index is 0.161. The molecule has 1 aliphatic heterocycles. The Balaban J connectivity index is 1.79. The summed E-state index contributed by atoms with van der Waals surface area (Å²) < 4.78 is 5.62. The summed E-state index contributed by atoms with van der Waals surface area (Å²) in [6, 6.07) is 0.161. The minimum Gasteiger partial charge on any atom is -0.497 e. The van der Waals surface area contributed by atoms with Crippen molar-refractivity contribution in [2.75, 3.05) is 6.61 Å². The van der Waals surface area contributed by atoms with Gasteiger partial charge in [-0.25, -0.2) is 0 Å². The zero-order chi connectivity index (χ0) is 10.5. The molecule has 0 aromatic heterocycles. The normalized spacial score (nSPS) is 25.5. The standard InChI is InChI=1S/C13H23NO/c14-12(13-8-4-5-9-15-13)10-11-6-2-1-3-7-11/h8,11-12H,1-7,9-10,14H2. The molecule has 0 aromatic carbocycles. The van der Waals surface area contributed by atoms with Crippen molar-refractivity contribution in [1.82, 2.24) is 0 Å². The average molecular weight is 209 g/mol. The lowest BCUT2D eigenvalue weighted by molar-refractivity contribution is 0.165. The van der Waals surface area contributed by atoms with Gasteiger partial charge in [0.2, 0.25) is 0 Å². The van der Waals surface area contributed by atoms with E-state index in [1.165, 1.54) is 32.1 Å². The maximum Gasteiger partial charge on any atom is 0.109 e. The van der Waals surface area contributed by atoms with E-state index in [1.807, 2.05) is 0 Å². The summed E-state index contributed by atoms with van der Waals surface area (Å²) in [5.41, 5.74) is 6.19. The zero-order valence-electron chi connectivity index (χ0n) is 9.58. The van der Waals surface area contributed by atoms with Crippen LogP contribution in [0.4, 0.5) is 0 Å². The number of nitrogens with two attached hydrogens (primary N) is 1. The molecule has 1 unspecified atom stereocenters. The highest BCUT2D eigenvalue weighted by molar-refractivity contribution is 5.04. The smallest absolute Gasteiger partial charge is 0.109 e. The van der Waals surface area contributed by atoms with Gasteiger partial charge in [0.05, 0.1) is 12.6 Å². The first-order valence-corrected chi connectivity index (χ1v) is 6.44. The molecule has 0 saturated heterocycles. The molecule has 0 amide bonds. The van der Waals surface area contributed by atoms with Crippen molar-refractivity contribution >= 4 is 0 Å². The van der Waals surface area contributed by atoms with Gasteiger partial charge in [-0.3, -0.25) is 0 Å². The van der Waals surface area contributed by atoms with Gasteiger partial charge in [-0.1, -0.05) is 32.1 Å². The van der Waals surface area contributed by atoms with Gasteiger partial charge in [-0.2, -0.15) is 0 Å². The Kier molecular flexibility index (Phi) is 4.07. The molecule has 0 spiro atoms. The average Bonchev–Trinajstić information content (AvgIpc) is 2.31. The van der Waals surface area contributed by atoms with Gasteiger partial charge in [0.15, 0.2) is 0 Å². The quantitative estimate of drug-likeness (QED) is 0.775. The second kappa shape index (κ2) is 5.55. The highest BCUT2D eigenvalue weighted by atomic mass is 16.5. The van der Waals surface area contributed by atoms with E-state index in [-0.39, 0.29) is 6.04 Å². The van der Waals surface area contributed by atoms with Crippen molar-refractivity contribution in [2.45, 2.75) is 57.4 Å². The van der Waals surface area contributed by atoms with E-state index in [0.29, 0.717) is 0 Å².